The highest BCUT2D eigenvalue weighted by atomic mass is 32.2. The van der Waals surface area contributed by atoms with Crippen LogP contribution in [0.3, 0.4) is 0 Å². The van der Waals surface area contributed by atoms with Crippen molar-refractivity contribution in [3.63, 3.8) is 0 Å². The Morgan fingerprint density at radius 2 is 1.67 bits per heavy atom. The molecule has 0 spiro atoms. The van der Waals surface area contributed by atoms with E-state index in [9.17, 15) is 9.59 Å². The van der Waals surface area contributed by atoms with Gasteiger partial charge < -0.3 is 10.5 Å². The second-order valence-corrected chi connectivity index (χ2v) is 8.44. The molecule has 3 aromatic rings. The van der Waals surface area contributed by atoms with E-state index in [0.29, 0.717) is 15.8 Å². The zero-order chi connectivity index (χ0) is 23.2. The van der Waals surface area contributed by atoms with E-state index in [0.717, 1.165) is 16.8 Å². The Bertz CT molecular complexity index is 1190. The van der Waals surface area contributed by atoms with Crippen molar-refractivity contribution in [2.45, 2.75) is 13.0 Å². The molecule has 0 bridgehead atoms. The molecule has 2 amide bonds. The van der Waals surface area contributed by atoms with Crippen LogP contribution >= 0.6 is 11.8 Å². The fraction of sp³-hybridized carbons (Fsp3) is 0.115. The van der Waals surface area contributed by atoms with Gasteiger partial charge in [0, 0.05) is 0 Å². The average molecular weight is 458 g/mol. The molecule has 2 N–H and O–H groups in total. The minimum Gasteiger partial charge on any atom is -0.484 e. The number of amides is 2. The minimum atomic E-state index is -0.535. The number of para-hydroxylation sites is 1. The molecule has 1 saturated heterocycles. The van der Waals surface area contributed by atoms with Crippen molar-refractivity contribution in [1.29, 1.82) is 0 Å². The predicted octanol–water partition coefficient (Wildman–Crippen LogP) is 4.92. The highest BCUT2D eigenvalue weighted by Gasteiger charge is 2.37. The van der Waals surface area contributed by atoms with Crippen LogP contribution in [0.25, 0.3) is 6.08 Å². The summed E-state index contributed by atoms with van der Waals surface area (Å²) in [4.78, 5) is 31.4. The lowest BCUT2D eigenvalue weighted by molar-refractivity contribution is -0.123. The van der Waals surface area contributed by atoms with Crippen LogP contribution in [0.5, 0.6) is 5.75 Å². The first-order chi connectivity index (χ1) is 16.0. The number of rotatable bonds is 7. The molecular weight excluding hydrogens is 434 g/mol. The maximum Gasteiger partial charge on any atom is 0.267 e. The van der Waals surface area contributed by atoms with Gasteiger partial charge in [-0.05, 0) is 60.2 Å². The van der Waals surface area contributed by atoms with Crippen LogP contribution in [-0.4, -0.2) is 28.5 Å². The lowest BCUT2D eigenvalue weighted by Crippen LogP contribution is -2.32. The fourth-order valence-corrected chi connectivity index (χ4v) is 4.43. The summed E-state index contributed by atoms with van der Waals surface area (Å²) < 4.78 is 5.30. The highest BCUT2D eigenvalue weighted by molar-refractivity contribution is 8.18. The number of carbonyl (C=O) groups excluding carboxylic acids is 2. The molecule has 0 saturated carbocycles. The van der Waals surface area contributed by atoms with Crippen LogP contribution in [0.15, 0.2) is 94.8 Å². The van der Waals surface area contributed by atoms with Gasteiger partial charge in [-0.3, -0.25) is 14.5 Å². The quantitative estimate of drug-likeness (QED) is 0.511. The maximum atomic E-state index is 13.4. The van der Waals surface area contributed by atoms with E-state index in [1.807, 2.05) is 85.8 Å². The molecule has 0 unspecified atom stereocenters. The second kappa shape index (κ2) is 10.2. The fourth-order valence-electron chi connectivity index (χ4n) is 3.37. The van der Waals surface area contributed by atoms with Crippen LogP contribution in [0.1, 0.15) is 24.1 Å². The number of ether oxygens (including phenoxy) is 1. The summed E-state index contributed by atoms with van der Waals surface area (Å²) in [6.45, 7) is 1.82. The molecule has 0 radical (unpaired) electrons. The summed E-state index contributed by atoms with van der Waals surface area (Å²) in [5.41, 5.74) is 7.77. The third-order valence-electron chi connectivity index (χ3n) is 5.05. The Kier molecular flexibility index (Phi) is 6.90. The topological polar surface area (TPSA) is 85.0 Å². The molecule has 1 heterocycles. The number of amidine groups is 1. The first kappa shape index (κ1) is 22.4. The van der Waals surface area contributed by atoms with Gasteiger partial charge >= 0.3 is 0 Å². The number of primary amides is 1. The van der Waals surface area contributed by atoms with Crippen molar-refractivity contribution in [2.75, 3.05) is 6.61 Å². The molecule has 1 fully saturated rings. The molecule has 0 aliphatic carbocycles. The lowest BCUT2D eigenvalue weighted by atomic mass is 10.1. The van der Waals surface area contributed by atoms with Crippen molar-refractivity contribution in [3.05, 3.63) is 101 Å². The molecule has 1 aliphatic rings. The van der Waals surface area contributed by atoms with Crippen LogP contribution in [-0.2, 0) is 9.59 Å². The van der Waals surface area contributed by atoms with Gasteiger partial charge in [0.25, 0.3) is 11.8 Å². The molecule has 33 heavy (non-hydrogen) atoms. The number of carbonyl (C=O) groups is 2. The van der Waals surface area contributed by atoms with Crippen molar-refractivity contribution >= 4 is 40.5 Å². The van der Waals surface area contributed by atoms with Crippen molar-refractivity contribution < 1.29 is 14.3 Å². The third-order valence-corrected chi connectivity index (χ3v) is 6.03. The van der Waals surface area contributed by atoms with E-state index < -0.39 is 5.91 Å². The molecule has 4 rings (SSSR count). The van der Waals surface area contributed by atoms with Crippen LogP contribution < -0.4 is 10.5 Å². The van der Waals surface area contributed by atoms with Crippen LogP contribution in [0.4, 0.5) is 5.69 Å². The van der Waals surface area contributed by atoms with Gasteiger partial charge in [-0.1, -0.05) is 60.7 Å². The van der Waals surface area contributed by atoms with Crippen LogP contribution in [0.2, 0.25) is 0 Å². The molecule has 7 heteroatoms. The highest BCUT2D eigenvalue weighted by Crippen LogP contribution is 2.39. The Morgan fingerprint density at radius 1 is 1.03 bits per heavy atom. The maximum absolute atomic E-state index is 13.4. The van der Waals surface area contributed by atoms with E-state index in [-0.39, 0.29) is 18.6 Å². The molecule has 0 aromatic heterocycles. The lowest BCUT2D eigenvalue weighted by Gasteiger charge is -2.24. The van der Waals surface area contributed by atoms with Crippen LogP contribution in [0, 0.1) is 0 Å². The summed E-state index contributed by atoms with van der Waals surface area (Å²) in [5, 5.41) is 0.634. The van der Waals surface area contributed by atoms with Gasteiger partial charge in [0.05, 0.1) is 16.6 Å². The third kappa shape index (κ3) is 5.51. The van der Waals surface area contributed by atoms with Crippen molar-refractivity contribution in [2.24, 2.45) is 10.7 Å². The van der Waals surface area contributed by atoms with Gasteiger partial charge in [-0.2, -0.15) is 0 Å². The summed E-state index contributed by atoms with van der Waals surface area (Å²) in [5.74, 6) is -0.0981. The standard InChI is InChI=1S/C26H23N3O3S/c1-18(20-8-4-2-5-9-20)29-25(31)23(33-26(29)28-21-10-6-3-7-11-21)16-19-12-14-22(15-13-19)32-17-24(27)30/h2-16,18H,17H2,1H3,(H2,27,30)/b23-16+,28-26?/t18-/m0/s1. The number of thioether (sulfide) groups is 1. The number of nitrogens with two attached hydrogens (primary N) is 1. The number of benzene rings is 3. The number of hydrogen-bond donors (Lipinski definition) is 1. The molecule has 3 aromatic carbocycles. The molecular formula is C26H23N3O3S. The van der Waals surface area contributed by atoms with E-state index >= 15 is 0 Å². The number of hydrogen-bond acceptors (Lipinski definition) is 5. The molecule has 1 atom stereocenters. The minimum absolute atomic E-state index is 0.0971. The van der Waals surface area contributed by atoms with Gasteiger partial charge in [-0.15, -0.1) is 0 Å². The Morgan fingerprint density at radius 3 is 2.30 bits per heavy atom. The first-order valence-corrected chi connectivity index (χ1v) is 11.3. The Hall–Kier alpha value is -3.84. The van der Waals surface area contributed by atoms with E-state index in [2.05, 4.69) is 0 Å². The Labute approximate surface area is 196 Å². The summed E-state index contributed by atoms with van der Waals surface area (Å²) in [6, 6.07) is 26.5. The predicted molar refractivity (Wildman–Crippen MR) is 132 cm³/mol. The van der Waals surface area contributed by atoms with E-state index in [1.165, 1.54) is 11.8 Å². The average Bonchev–Trinajstić information content (AvgIpc) is 3.13. The summed E-state index contributed by atoms with van der Waals surface area (Å²) in [6.07, 6.45) is 1.84. The van der Waals surface area contributed by atoms with Crippen molar-refractivity contribution in [3.8, 4) is 5.75 Å². The van der Waals surface area contributed by atoms with Crippen molar-refractivity contribution in [1.82, 2.24) is 4.90 Å². The SMILES string of the molecule is C[C@@H](c1ccccc1)N1C(=O)/C(=C\c2ccc(OCC(N)=O)cc2)SC1=Nc1ccccc1. The second-order valence-electron chi connectivity index (χ2n) is 7.43. The zero-order valence-corrected chi connectivity index (χ0v) is 18.9. The first-order valence-electron chi connectivity index (χ1n) is 10.4. The normalized spacial score (nSPS) is 16.9. The molecule has 6 nitrogen and oxygen atoms in total. The van der Waals surface area contributed by atoms with Gasteiger partial charge in [-0.25, -0.2) is 4.99 Å². The number of aliphatic imine (C=N–C) groups is 1. The van der Waals surface area contributed by atoms with Gasteiger partial charge in [0.15, 0.2) is 11.8 Å². The monoisotopic (exact) mass is 457 g/mol. The van der Waals surface area contributed by atoms with E-state index in [4.69, 9.17) is 15.5 Å². The van der Waals surface area contributed by atoms with Gasteiger partial charge in [0.2, 0.25) is 0 Å². The zero-order valence-electron chi connectivity index (χ0n) is 18.0. The largest absolute Gasteiger partial charge is 0.484 e. The summed E-state index contributed by atoms with van der Waals surface area (Å²) in [7, 11) is 0. The molecule has 166 valence electrons. The smallest absolute Gasteiger partial charge is 0.267 e. The Balaban J connectivity index is 1.64. The number of nitrogens with zero attached hydrogens (tertiary/aromatic N) is 2. The van der Waals surface area contributed by atoms with Gasteiger partial charge in [0.1, 0.15) is 5.75 Å². The molecule has 1 aliphatic heterocycles. The summed E-state index contributed by atoms with van der Waals surface area (Å²) >= 11 is 1.35. The van der Waals surface area contributed by atoms with E-state index in [1.54, 1.807) is 17.0 Å².